The second-order valence-corrected chi connectivity index (χ2v) is 12.5. The van der Waals surface area contributed by atoms with Gasteiger partial charge in [0.05, 0.1) is 6.04 Å². The van der Waals surface area contributed by atoms with Crippen LogP contribution in [0.25, 0.3) is 11.1 Å². The average molecular weight is 481 g/mol. The molecule has 0 radical (unpaired) electrons. The molecular weight excluding hydrogens is 444 g/mol. The fraction of sp³-hybridized carbons (Fsp3) is 0.500. The maximum Gasteiger partial charge on any atom is 0.224 e. The Labute approximate surface area is 213 Å². The van der Waals surface area contributed by atoms with E-state index >= 15 is 0 Å². The number of carbonyl (C=O) groups excluding carboxylic acids is 2. The lowest BCUT2D eigenvalue weighted by Crippen LogP contribution is -2.57. The highest BCUT2D eigenvalue weighted by Gasteiger charge is 2.60. The van der Waals surface area contributed by atoms with E-state index in [4.69, 9.17) is 0 Å². The average Bonchev–Trinajstić information content (AvgIpc) is 3.40. The first-order valence-electron chi connectivity index (χ1n) is 13.9. The van der Waals surface area contributed by atoms with Gasteiger partial charge in [0.15, 0.2) is 5.78 Å². The zero-order valence-electron chi connectivity index (χ0n) is 21.3. The van der Waals surface area contributed by atoms with Crippen LogP contribution < -0.4 is 10.6 Å². The highest BCUT2D eigenvalue weighted by molar-refractivity contribution is 5.91. The molecular formula is C32H36N2O2. The van der Waals surface area contributed by atoms with E-state index in [2.05, 4.69) is 73.0 Å². The van der Waals surface area contributed by atoms with Crippen LogP contribution in [0.1, 0.15) is 69.5 Å². The van der Waals surface area contributed by atoms with Gasteiger partial charge < -0.3 is 10.6 Å². The fourth-order valence-electron chi connectivity index (χ4n) is 9.13. The summed E-state index contributed by atoms with van der Waals surface area (Å²) < 4.78 is 0. The zero-order chi connectivity index (χ0) is 24.7. The number of allylic oxidation sites excluding steroid dienone is 2. The van der Waals surface area contributed by atoms with Crippen LogP contribution in [0.5, 0.6) is 0 Å². The van der Waals surface area contributed by atoms with Gasteiger partial charge in [-0.25, -0.2) is 0 Å². The molecule has 0 aromatic heterocycles. The Morgan fingerprint density at radius 3 is 2.33 bits per heavy atom. The van der Waals surface area contributed by atoms with Crippen molar-refractivity contribution in [3.63, 3.8) is 0 Å². The van der Waals surface area contributed by atoms with Crippen LogP contribution in [0, 0.1) is 34.5 Å². The minimum atomic E-state index is -0.0633. The number of ketones is 1. The van der Waals surface area contributed by atoms with Crippen LogP contribution in [-0.4, -0.2) is 18.2 Å². The lowest BCUT2D eigenvalue weighted by molar-refractivity contribution is -0.133. The number of benzene rings is 2. The smallest absolute Gasteiger partial charge is 0.224 e. The van der Waals surface area contributed by atoms with Gasteiger partial charge in [-0.3, -0.25) is 9.59 Å². The molecule has 1 heterocycles. The molecule has 7 rings (SSSR count). The second kappa shape index (κ2) is 7.81. The van der Waals surface area contributed by atoms with Crippen molar-refractivity contribution in [2.24, 2.45) is 34.5 Å². The van der Waals surface area contributed by atoms with E-state index in [0.717, 1.165) is 38.6 Å². The molecule has 4 heteroatoms. The normalized spacial score (nSPS) is 36.5. The second-order valence-electron chi connectivity index (χ2n) is 12.5. The van der Waals surface area contributed by atoms with E-state index in [1.54, 1.807) is 0 Å². The van der Waals surface area contributed by atoms with Gasteiger partial charge in [0.2, 0.25) is 5.91 Å². The van der Waals surface area contributed by atoms with Crippen LogP contribution in [0.4, 0.5) is 0 Å². The molecule has 4 aliphatic carbocycles. The van der Waals surface area contributed by atoms with E-state index < -0.39 is 0 Å². The minimum Gasteiger partial charge on any atom is -0.387 e. The van der Waals surface area contributed by atoms with E-state index in [1.807, 2.05) is 6.08 Å². The molecule has 5 aliphatic rings. The van der Waals surface area contributed by atoms with Gasteiger partial charge in [0, 0.05) is 36.1 Å². The molecule has 36 heavy (non-hydrogen) atoms. The standard InChI is InChI=1S/C32H36N2O2/c1-31-16-14-26-24(18-33-28-17-19(35)13-15-32(26,28)2)25(31)11-12-27(31)30(36)34-29-22-9-5-3-7-20(22)21-8-4-6-10-23(21)29/h3-10,17,24-27,29,33H,11-16,18H2,1-2H3,(H,34,36)/t24-,25-,26+,27?,31-,32+/m0/s1. The van der Waals surface area contributed by atoms with Crippen molar-refractivity contribution in [1.82, 2.24) is 10.6 Å². The summed E-state index contributed by atoms with van der Waals surface area (Å²) in [6.07, 6.45) is 7.87. The first-order valence-corrected chi connectivity index (χ1v) is 13.9. The van der Waals surface area contributed by atoms with Gasteiger partial charge in [-0.15, -0.1) is 0 Å². The summed E-state index contributed by atoms with van der Waals surface area (Å²) in [6, 6.07) is 16.9. The Balaban J connectivity index is 1.15. The monoisotopic (exact) mass is 480 g/mol. The quantitative estimate of drug-likeness (QED) is 0.572. The number of hydrogen-bond acceptors (Lipinski definition) is 3. The first-order chi connectivity index (χ1) is 17.4. The highest BCUT2D eigenvalue weighted by atomic mass is 16.2. The molecule has 1 unspecified atom stereocenters. The summed E-state index contributed by atoms with van der Waals surface area (Å²) in [5.74, 6) is 2.28. The Bertz CT molecular complexity index is 1250. The van der Waals surface area contributed by atoms with E-state index in [9.17, 15) is 9.59 Å². The van der Waals surface area contributed by atoms with Gasteiger partial charge in [-0.2, -0.15) is 0 Å². The van der Waals surface area contributed by atoms with Crippen LogP contribution >= 0.6 is 0 Å². The molecule has 2 aromatic rings. The molecule has 0 bridgehead atoms. The third kappa shape index (κ3) is 2.99. The van der Waals surface area contributed by atoms with Gasteiger partial charge >= 0.3 is 0 Å². The lowest BCUT2D eigenvalue weighted by Gasteiger charge is -2.58. The van der Waals surface area contributed by atoms with Crippen LogP contribution in [0.15, 0.2) is 60.3 Å². The Morgan fingerprint density at radius 2 is 1.61 bits per heavy atom. The molecule has 2 N–H and O–H groups in total. The zero-order valence-corrected chi connectivity index (χ0v) is 21.3. The predicted molar refractivity (Wildman–Crippen MR) is 141 cm³/mol. The predicted octanol–water partition coefficient (Wildman–Crippen LogP) is 5.79. The first kappa shape index (κ1) is 22.3. The molecule has 2 aromatic carbocycles. The van der Waals surface area contributed by atoms with Crippen LogP contribution in [-0.2, 0) is 9.59 Å². The third-order valence-electron chi connectivity index (χ3n) is 11.0. The molecule has 1 aliphatic heterocycles. The maximum atomic E-state index is 14.0. The van der Waals surface area contributed by atoms with Crippen LogP contribution in [0.3, 0.4) is 0 Å². The fourth-order valence-corrected chi connectivity index (χ4v) is 9.13. The number of rotatable bonds is 2. The molecule has 186 valence electrons. The van der Waals surface area contributed by atoms with E-state index in [-0.39, 0.29) is 34.5 Å². The molecule has 4 nitrogen and oxygen atoms in total. The molecule has 6 atom stereocenters. The number of amides is 1. The summed E-state index contributed by atoms with van der Waals surface area (Å²) in [6.45, 7) is 5.73. The van der Waals surface area contributed by atoms with Crippen molar-refractivity contribution >= 4 is 11.7 Å². The Hall–Kier alpha value is -2.88. The highest BCUT2D eigenvalue weighted by Crippen LogP contribution is 2.64. The van der Waals surface area contributed by atoms with E-state index in [0.29, 0.717) is 24.2 Å². The summed E-state index contributed by atoms with van der Waals surface area (Å²) in [7, 11) is 0. The van der Waals surface area contributed by atoms with Gasteiger partial charge in [0.25, 0.3) is 0 Å². The number of carbonyl (C=O) groups is 2. The van der Waals surface area contributed by atoms with Crippen molar-refractivity contribution in [3.05, 3.63) is 71.4 Å². The largest absolute Gasteiger partial charge is 0.387 e. The number of nitrogens with one attached hydrogen (secondary N) is 2. The minimum absolute atomic E-state index is 0.0344. The van der Waals surface area contributed by atoms with Gasteiger partial charge in [-0.1, -0.05) is 62.4 Å². The Morgan fingerprint density at radius 1 is 0.917 bits per heavy atom. The van der Waals surface area contributed by atoms with Gasteiger partial charge in [0.1, 0.15) is 0 Å². The lowest BCUT2D eigenvalue weighted by atomic mass is 9.50. The summed E-state index contributed by atoms with van der Waals surface area (Å²) in [5, 5.41) is 7.21. The summed E-state index contributed by atoms with van der Waals surface area (Å²) in [4.78, 5) is 26.1. The third-order valence-corrected chi connectivity index (χ3v) is 11.0. The molecule has 3 fully saturated rings. The van der Waals surface area contributed by atoms with Crippen LogP contribution in [0.2, 0.25) is 0 Å². The van der Waals surface area contributed by atoms with Crippen molar-refractivity contribution in [3.8, 4) is 11.1 Å². The van der Waals surface area contributed by atoms with Gasteiger partial charge in [-0.05, 0) is 77.5 Å². The van der Waals surface area contributed by atoms with Crippen molar-refractivity contribution in [1.29, 1.82) is 0 Å². The summed E-state index contributed by atoms with van der Waals surface area (Å²) >= 11 is 0. The molecule has 0 spiro atoms. The topological polar surface area (TPSA) is 58.2 Å². The molecule has 2 saturated carbocycles. The molecule has 1 saturated heterocycles. The van der Waals surface area contributed by atoms with E-state index in [1.165, 1.54) is 28.0 Å². The number of fused-ring (bicyclic) bond motifs is 8. The summed E-state index contributed by atoms with van der Waals surface area (Å²) in [5.41, 5.74) is 6.20. The number of piperidine rings is 1. The Kier molecular flexibility index (Phi) is 4.84. The SMILES string of the molecule is C[C@]12CCC(=O)C=C1NC[C@@H]1[C@H]2CC[C@]2(C)C(C(=O)NC3c4ccccc4-c4ccccc43)CC[C@@H]12. The molecule has 1 amide bonds. The van der Waals surface area contributed by atoms with Crippen molar-refractivity contribution in [2.45, 2.75) is 58.4 Å². The van der Waals surface area contributed by atoms with Crippen molar-refractivity contribution in [2.75, 3.05) is 6.54 Å². The number of hydrogen-bond donors (Lipinski definition) is 2. The maximum absolute atomic E-state index is 14.0. The van der Waals surface area contributed by atoms with Crippen molar-refractivity contribution < 1.29 is 9.59 Å².